The van der Waals surface area contributed by atoms with Crippen LogP contribution in [0.5, 0.6) is 0 Å². The van der Waals surface area contributed by atoms with Gasteiger partial charge in [0.05, 0.1) is 12.4 Å². The zero-order chi connectivity index (χ0) is 15.6. The Morgan fingerprint density at radius 3 is 3.04 bits per heavy atom. The number of halogens is 1. The Bertz CT molecular complexity index is 787. The molecule has 2 aromatic heterocycles. The van der Waals surface area contributed by atoms with Crippen LogP contribution in [-0.2, 0) is 0 Å². The van der Waals surface area contributed by atoms with E-state index in [1.54, 1.807) is 12.5 Å². The smallest absolute Gasteiger partial charge is 0.258 e. The molecule has 1 aliphatic rings. The van der Waals surface area contributed by atoms with Crippen molar-refractivity contribution in [3.05, 3.63) is 48.8 Å². The van der Waals surface area contributed by atoms with E-state index in [-0.39, 0.29) is 18.4 Å². The zero-order valence-corrected chi connectivity index (χ0v) is 14.1. The molecule has 7 nitrogen and oxygen atoms in total. The number of nitrogens with one attached hydrogen (secondary N) is 1. The summed E-state index contributed by atoms with van der Waals surface area (Å²) in [7, 11) is 2.08. The van der Waals surface area contributed by atoms with E-state index in [0.29, 0.717) is 5.89 Å². The molecule has 0 amide bonds. The number of hydrogen-bond acceptors (Lipinski definition) is 6. The molecule has 1 atom stereocenters. The molecule has 4 rings (SSSR count). The molecule has 1 unspecified atom stereocenters. The Kier molecular flexibility index (Phi) is 4.94. The highest BCUT2D eigenvalue weighted by molar-refractivity contribution is 5.85. The van der Waals surface area contributed by atoms with Crippen molar-refractivity contribution in [3.8, 4) is 17.1 Å². The van der Waals surface area contributed by atoms with Crippen molar-refractivity contribution >= 4 is 12.4 Å². The second kappa shape index (κ2) is 7.12. The van der Waals surface area contributed by atoms with Crippen LogP contribution in [0.4, 0.5) is 0 Å². The molecule has 0 radical (unpaired) electrons. The topological polar surface area (TPSA) is 72.0 Å². The number of aromatic nitrogens is 4. The van der Waals surface area contributed by atoms with Gasteiger partial charge >= 0.3 is 0 Å². The first-order chi connectivity index (χ1) is 11.3. The highest BCUT2D eigenvalue weighted by atomic mass is 35.5. The van der Waals surface area contributed by atoms with Gasteiger partial charge in [-0.1, -0.05) is 11.2 Å². The van der Waals surface area contributed by atoms with Gasteiger partial charge in [0.1, 0.15) is 0 Å². The molecule has 1 fully saturated rings. The molecule has 1 saturated heterocycles. The second-order valence-corrected chi connectivity index (χ2v) is 5.68. The average molecular weight is 347 g/mol. The van der Waals surface area contributed by atoms with Crippen molar-refractivity contribution in [1.82, 2.24) is 29.9 Å². The predicted molar refractivity (Wildman–Crippen MR) is 92.3 cm³/mol. The maximum Gasteiger partial charge on any atom is 0.258 e. The molecule has 24 heavy (non-hydrogen) atoms. The zero-order valence-electron chi connectivity index (χ0n) is 13.3. The number of imidazole rings is 1. The summed E-state index contributed by atoms with van der Waals surface area (Å²) >= 11 is 0. The van der Waals surface area contributed by atoms with Crippen LogP contribution in [0, 0.1) is 0 Å². The van der Waals surface area contributed by atoms with E-state index >= 15 is 0 Å². The van der Waals surface area contributed by atoms with Gasteiger partial charge in [0, 0.05) is 43.3 Å². The van der Waals surface area contributed by atoms with E-state index in [9.17, 15) is 0 Å². The highest BCUT2D eigenvalue weighted by Crippen LogP contribution is 2.24. The quantitative estimate of drug-likeness (QED) is 0.781. The lowest BCUT2D eigenvalue weighted by Crippen LogP contribution is -2.44. The SMILES string of the molecule is CN1CCNCC1c1noc(-c2cccc(-n3ccnc3)c2)n1.Cl. The van der Waals surface area contributed by atoms with Gasteiger partial charge < -0.3 is 14.4 Å². The fourth-order valence-corrected chi connectivity index (χ4v) is 2.79. The molecular weight excluding hydrogens is 328 g/mol. The summed E-state index contributed by atoms with van der Waals surface area (Å²) in [6, 6.07) is 8.13. The van der Waals surface area contributed by atoms with Crippen molar-refractivity contribution in [2.24, 2.45) is 0 Å². The normalized spacial score (nSPS) is 18.3. The van der Waals surface area contributed by atoms with Crippen LogP contribution in [0.25, 0.3) is 17.1 Å². The van der Waals surface area contributed by atoms with Gasteiger partial charge in [0.15, 0.2) is 5.82 Å². The summed E-state index contributed by atoms with van der Waals surface area (Å²) < 4.78 is 7.43. The van der Waals surface area contributed by atoms with Crippen molar-refractivity contribution in [2.45, 2.75) is 6.04 Å². The number of rotatable bonds is 3. The Morgan fingerprint density at radius 1 is 1.33 bits per heavy atom. The van der Waals surface area contributed by atoms with Crippen LogP contribution in [-0.4, -0.2) is 51.3 Å². The van der Waals surface area contributed by atoms with Crippen LogP contribution >= 0.6 is 12.4 Å². The summed E-state index contributed by atoms with van der Waals surface area (Å²) in [5.41, 5.74) is 1.91. The largest absolute Gasteiger partial charge is 0.334 e. The minimum Gasteiger partial charge on any atom is -0.334 e. The molecule has 1 aliphatic heterocycles. The third-order valence-electron chi connectivity index (χ3n) is 4.15. The molecule has 1 N–H and O–H groups in total. The molecule has 126 valence electrons. The van der Waals surface area contributed by atoms with Gasteiger partial charge in [-0.25, -0.2) is 4.98 Å². The van der Waals surface area contributed by atoms with Gasteiger partial charge in [0.2, 0.25) is 0 Å². The lowest BCUT2D eigenvalue weighted by atomic mass is 10.2. The molecule has 3 heterocycles. The van der Waals surface area contributed by atoms with Crippen LogP contribution < -0.4 is 5.32 Å². The van der Waals surface area contributed by atoms with Crippen molar-refractivity contribution in [2.75, 3.05) is 26.7 Å². The Labute approximate surface area is 146 Å². The summed E-state index contributed by atoms with van der Waals surface area (Å²) in [5.74, 6) is 1.27. The van der Waals surface area contributed by atoms with Crippen LogP contribution in [0.3, 0.4) is 0 Å². The third-order valence-corrected chi connectivity index (χ3v) is 4.15. The number of nitrogens with zero attached hydrogens (tertiary/aromatic N) is 5. The summed E-state index contributed by atoms with van der Waals surface area (Å²) in [6.07, 6.45) is 5.42. The van der Waals surface area contributed by atoms with Gasteiger partial charge in [0.25, 0.3) is 5.89 Å². The molecular formula is C16H19ClN6O. The van der Waals surface area contributed by atoms with E-state index in [2.05, 4.69) is 32.4 Å². The second-order valence-electron chi connectivity index (χ2n) is 5.68. The Balaban J connectivity index is 0.00000169. The van der Waals surface area contributed by atoms with Crippen molar-refractivity contribution < 1.29 is 4.52 Å². The van der Waals surface area contributed by atoms with E-state index in [4.69, 9.17) is 4.52 Å². The number of piperazine rings is 1. The summed E-state index contributed by atoms with van der Waals surface area (Å²) in [6.45, 7) is 2.81. The third kappa shape index (κ3) is 3.19. The number of likely N-dealkylation sites (N-methyl/N-ethyl adjacent to an activating group) is 1. The van der Waals surface area contributed by atoms with Crippen LogP contribution in [0.1, 0.15) is 11.9 Å². The van der Waals surface area contributed by atoms with Gasteiger partial charge in [-0.2, -0.15) is 4.98 Å². The minimum atomic E-state index is 0. The summed E-state index contributed by atoms with van der Waals surface area (Å²) in [5, 5.41) is 7.54. The van der Waals surface area contributed by atoms with Crippen LogP contribution in [0.15, 0.2) is 47.5 Å². The summed E-state index contributed by atoms with van der Waals surface area (Å²) in [4.78, 5) is 10.9. The van der Waals surface area contributed by atoms with Crippen molar-refractivity contribution in [3.63, 3.8) is 0 Å². The van der Waals surface area contributed by atoms with Crippen molar-refractivity contribution in [1.29, 1.82) is 0 Å². The first-order valence-electron chi connectivity index (χ1n) is 7.64. The first kappa shape index (κ1) is 16.6. The molecule has 8 heteroatoms. The van der Waals surface area contributed by atoms with Gasteiger partial charge in [-0.3, -0.25) is 4.90 Å². The van der Waals surface area contributed by atoms with E-state index < -0.39 is 0 Å². The number of benzene rings is 1. The minimum absolute atomic E-state index is 0. The molecule has 3 aromatic rings. The number of hydrogen-bond donors (Lipinski definition) is 1. The molecule has 0 bridgehead atoms. The van der Waals surface area contributed by atoms with Crippen LogP contribution in [0.2, 0.25) is 0 Å². The molecule has 1 aromatic carbocycles. The fourth-order valence-electron chi connectivity index (χ4n) is 2.79. The fraction of sp³-hybridized carbons (Fsp3) is 0.312. The van der Waals surface area contributed by atoms with Gasteiger partial charge in [-0.05, 0) is 25.2 Å². The maximum atomic E-state index is 5.48. The molecule has 0 spiro atoms. The Hall–Kier alpha value is -2.22. The first-order valence-corrected chi connectivity index (χ1v) is 7.64. The highest BCUT2D eigenvalue weighted by Gasteiger charge is 2.25. The standard InChI is InChI=1S/C16H18N6O.ClH/c1-21-7-5-17-10-14(21)15-19-16(23-20-15)12-3-2-4-13(9-12)22-8-6-18-11-22;/h2-4,6,8-9,11,14,17H,5,7,10H2,1H3;1H. The molecule has 0 saturated carbocycles. The van der Waals surface area contributed by atoms with E-state index in [1.807, 2.05) is 35.0 Å². The monoisotopic (exact) mass is 346 g/mol. The molecule has 0 aliphatic carbocycles. The lowest BCUT2D eigenvalue weighted by molar-refractivity contribution is 0.190. The predicted octanol–water partition coefficient (Wildman–Crippen LogP) is 1.92. The average Bonchev–Trinajstić information content (AvgIpc) is 3.27. The van der Waals surface area contributed by atoms with Gasteiger partial charge in [-0.15, -0.1) is 12.4 Å². The lowest BCUT2D eigenvalue weighted by Gasteiger charge is -2.30. The maximum absolute atomic E-state index is 5.48. The van der Waals surface area contributed by atoms with E-state index in [0.717, 1.165) is 36.7 Å². The Morgan fingerprint density at radius 2 is 2.25 bits per heavy atom. The van der Waals surface area contributed by atoms with E-state index in [1.165, 1.54) is 0 Å².